The van der Waals surface area contributed by atoms with Gasteiger partial charge in [0.05, 0.1) is 42.9 Å². The van der Waals surface area contributed by atoms with Gasteiger partial charge in [0, 0.05) is 42.4 Å². The molecule has 2 aromatic heterocycles. The Labute approximate surface area is 220 Å². The van der Waals surface area contributed by atoms with Gasteiger partial charge in [-0.1, -0.05) is 42.0 Å². The molecule has 2 aliphatic heterocycles. The Hall–Kier alpha value is -3.59. The predicted octanol–water partition coefficient (Wildman–Crippen LogP) is 4.92. The highest BCUT2D eigenvalue weighted by Crippen LogP contribution is 2.38. The van der Waals surface area contributed by atoms with Gasteiger partial charge in [0.15, 0.2) is 0 Å². The molecule has 1 amide bonds. The van der Waals surface area contributed by atoms with Gasteiger partial charge in [0.2, 0.25) is 0 Å². The van der Waals surface area contributed by atoms with E-state index in [1.165, 1.54) is 5.56 Å². The first kappa shape index (κ1) is 23.8. The molecule has 6 rings (SSSR count). The number of morpholine rings is 1. The van der Waals surface area contributed by atoms with Crippen LogP contribution in [0.1, 0.15) is 29.2 Å². The number of ether oxygens (including phenoxy) is 1. The van der Waals surface area contributed by atoms with Gasteiger partial charge in [-0.25, -0.2) is 9.69 Å². The van der Waals surface area contributed by atoms with Crippen molar-refractivity contribution in [1.29, 1.82) is 0 Å². The van der Waals surface area contributed by atoms with E-state index in [-0.39, 0.29) is 11.9 Å². The molecular weight excluding hydrogens is 482 g/mol. The van der Waals surface area contributed by atoms with E-state index >= 15 is 0 Å². The zero-order valence-electron chi connectivity index (χ0n) is 20.8. The summed E-state index contributed by atoms with van der Waals surface area (Å²) in [7, 11) is 0. The van der Waals surface area contributed by atoms with Crippen molar-refractivity contribution in [2.75, 3.05) is 32.8 Å². The Morgan fingerprint density at radius 2 is 1.89 bits per heavy atom. The summed E-state index contributed by atoms with van der Waals surface area (Å²) in [5.41, 5.74) is 7.07. The van der Waals surface area contributed by atoms with Gasteiger partial charge in [0.1, 0.15) is 0 Å². The van der Waals surface area contributed by atoms with Crippen molar-refractivity contribution in [2.24, 2.45) is 5.10 Å². The molecule has 0 spiro atoms. The number of aromatic nitrogens is 2. The Bertz CT molecular complexity index is 1410. The zero-order chi connectivity index (χ0) is 25.2. The van der Waals surface area contributed by atoms with Gasteiger partial charge < -0.3 is 4.74 Å². The maximum absolute atomic E-state index is 13.7. The number of hydrogen-bond acceptors (Lipinski definition) is 6. The molecule has 8 heteroatoms. The molecule has 1 saturated heterocycles. The Balaban J connectivity index is 1.42. The summed E-state index contributed by atoms with van der Waals surface area (Å²) in [5.74, 6) is -0.000201. The fraction of sp³-hybridized carbons (Fsp3) is 0.276. The highest BCUT2D eigenvalue weighted by Gasteiger charge is 2.37. The number of nitrogens with zero attached hydrogens (tertiary/aromatic N) is 5. The van der Waals surface area contributed by atoms with Crippen molar-refractivity contribution in [1.82, 2.24) is 19.7 Å². The number of benzene rings is 2. The number of aryl methyl sites for hydroxylation is 1. The lowest BCUT2D eigenvalue weighted by Gasteiger charge is -2.29. The van der Waals surface area contributed by atoms with Gasteiger partial charge in [-0.3, -0.25) is 9.69 Å². The number of amides is 1. The molecule has 4 aromatic rings. The van der Waals surface area contributed by atoms with Crippen molar-refractivity contribution in [3.05, 3.63) is 94.3 Å². The average Bonchev–Trinajstić information content (AvgIpc) is 3.69. The van der Waals surface area contributed by atoms with Gasteiger partial charge in [-0.2, -0.15) is 21.5 Å². The average molecular weight is 512 g/mol. The largest absolute Gasteiger partial charge is 0.379 e. The maximum atomic E-state index is 13.7. The molecule has 1 atom stereocenters. The van der Waals surface area contributed by atoms with Gasteiger partial charge in [0.25, 0.3) is 5.91 Å². The van der Waals surface area contributed by atoms with Gasteiger partial charge >= 0.3 is 0 Å². The molecule has 0 N–H and O–H groups in total. The SMILES string of the molecule is Cc1cccc(-c2nn(-c3ccccc3)cc2C2CC(c3ccsc3)=NN2C(=O)CN2CCOCC2)c1. The second kappa shape index (κ2) is 10.4. The van der Waals surface area contributed by atoms with Crippen LogP contribution in [0.25, 0.3) is 16.9 Å². The van der Waals surface area contributed by atoms with Crippen molar-refractivity contribution in [3.63, 3.8) is 0 Å². The molecule has 4 heterocycles. The fourth-order valence-corrected chi connectivity index (χ4v) is 5.63. The molecule has 37 heavy (non-hydrogen) atoms. The lowest BCUT2D eigenvalue weighted by molar-refractivity contribution is -0.135. The van der Waals surface area contributed by atoms with Crippen LogP contribution in [-0.4, -0.2) is 64.2 Å². The monoisotopic (exact) mass is 511 g/mol. The second-order valence-corrected chi connectivity index (χ2v) is 10.3. The van der Waals surface area contributed by atoms with Crippen LogP contribution in [0.5, 0.6) is 0 Å². The smallest absolute Gasteiger partial charge is 0.257 e. The molecule has 1 fully saturated rings. The standard InChI is InChI=1S/C29H29N5O2S/c1-21-6-5-7-22(16-21)29-25(18-33(31-29)24-8-3-2-4-9-24)27-17-26(23-10-15-37-20-23)30-34(27)28(35)19-32-11-13-36-14-12-32/h2-10,15-16,18,20,27H,11-14,17,19H2,1H3. The van der Waals surface area contributed by atoms with E-state index in [1.54, 1.807) is 16.3 Å². The first-order valence-corrected chi connectivity index (χ1v) is 13.5. The molecule has 2 aliphatic rings. The molecule has 0 aliphatic carbocycles. The third-order valence-electron chi connectivity index (χ3n) is 6.90. The number of para-hydroxylation sites is 1. The summed E-state index contributed by atoms with van der Waals surface area (Å²) in [5, 5.41) is 15.8. The summed E-state index contributed by atoms with van der Waals surface area (Å²) in [4.78, 5) is 15.9. The zero-order valence-corrected chi connectivity index (χ0v) is 21.6. The topological polar surface area (TPSA) is 63.0 Å². The third kappa shape index (κ3) is 5.00. The number of rotatable bonds is 6. The predicted molar refractivity (Wildman–Crippen MR) is 146 cm³/mol. The third-order valence-corrected chi connectivity index (χ3v) is 7.58. The van der Waals surface area contributed by atoms with E-state index < -0.39 is 0 Å². The fourth-order valence-electron chi connectivity index (χ4n) is 4.97. The van der Waals surface area contributed by atoms with Crippen LogP contribution in [0.15, 0.2) is 82.7 Å². The summed E-state index contributed by atoms with van der Waals surface area (Å²) >= 11 is 1.64. The van der Waals surface area contributed by atoms with Gasteiger partial charge in [-0.15, -0.1) is 0 Å². The number of hydrazone groups is 1. The maximum Gasteiger partial charge on any atom is 0.257 e. The number of carbonyl (C=O) groups is 1. The van der Waals surface area contributed by atoms with E-state index in [9.17, 15) is 4.79 Å². The van der Waals surface area contributed by atoms with Crippen LogP contribution in [0.2, 0.25) is 0 Å². The Kier molecular flexibility index (Phi) is 6.70. The first-order chi connectivity index (χ1) is 18.2. The minimum atomic E-state index is -0.239. The summed E-state index contributed by atoms with van der Waals surface area (Å²) in [6.45, 7) is 5.23. The number of thiophene rings is 1. The van der Waals surface area contributed by atoms with Crippen LogP contribution in [0, 0.1) is 6.92 Å². The van der Waals surface area contributed by atoms with E-state index in [0.717, 1.165) is 46.9 Å². The molecule has 188 valence electrons. The highest BCUT2D eigenvalue weighted by atomic mass is 32.1. The molecule has 7 nitrogen and oxygen atoms in total. The normalized spacial score (nSPS) is 18.2. The second-order valence-electron chi connectivity index (χ2n) is 9.49. The van der Waals surface area contributed by atoms with Crippen LogP contribution in [0.4, 0.5) is 0 Å². The first-order valence-electron chi connectivity index (χ1n) is 12.6. The van der Waals surface area contributed by atoms with Crippen LogP contribution < -0.4 is 0 Å². The molecule has 0 bridgehead atoms. The Morgan fingerprint density at radius 3 is 2.65 bits per heavy atom. The van der Waals surface area contributed by atoms with Crippen LogP contribution in [-0.2, 0) is 9.53 Å². The van der Waals surface area contributed by atoms with Crippen molar-refractivity contribution in [3.8, 4) is 16.9 Å². The van der Waals surface area contributed by atoms with Crippen molar-refractivity contribution < 1.29 is 9.53 Å². The minimum absolute atomic E-state index is 0.000201. The van der Waals surface area contributed by atoms with E-state index in [1.807, 2.05) is 35.0 Å². The molecule has 2 aromatic carbocycles. The van der Waals surface area contributed by atoms with E-state index in [2.05, 4.69) is 59.1 Å². The van der Waals surface area contributed by atoms with E-state index in [4.69, 9.17) is 14.9 Å². The lowest BCUT2D eigenvalue weighted by atomic mass is 9.96. The number of carbonyl (C=O) groups excluding carboxylic acids is 1. The Morgan fingerprint density at radius 1 is 1.05 bits per heavy atom. The lowest BCUT2D eigenvalue weighted by Crippen LogP contribution is -2.43. The van der Waals surface area contributed by atoms with Crippen LogP contribution in [0.3, 0.4) is 0 Å². The van der Waals surface area contributed by atoms with Crippen LogP contribution >= 0.6 is 11.3 Å². The van der Waals surface area contributed by atoms with Crippen molar-refractivity contribution >= 4 is 23.0 Å². The molecule has 1 unspecified atom stereocenters. The van der Waals surface area contributed by atoms with E-state index in [0.29, 0.717) is 26.2 Å². The van der Waals surface area contributed by atoms with Crippen molar-refractivity contribution in [2.45, 2.75) is 19.4 Å². The number of hydrogen-bond donors (Lipinski definition) is 0. The summed E-state index contributed by atoms with van der Waals surface area (Å²) in [6, 6.07) is 20.3. The summed E-state index contributed by atoms with van der Waals surface area (Å²) < 4.78 is 7.40. The highest BCUT2D eigenvalue weighted by molar-refractivity contribution is 7.08. The molecular formula is C29H29N5O2S. The van der Waals surface area contributed by atoms with Gasteiger partial charge in [-0.05, 0) is 41.9 Å². The quantitative estimate of drug-likeness (QED) is 0.369. The molecule has 0 saturated carbocycles. The molecule has 0 radical (unpaired) electrons. The summed E-state index contributed by atoms with van der Waals surface area (Å²) in [6.07, 6.45) is 2.71. The minimum Gasteiger partial charge on any atom is -0.379 e.